The van der Waals surface area contributed by atoms with Gasteiger partial charge in [0, 0.05) is 36.9 Å². The van der Waals surface area contributed by atoms with Gasteiger partial charge in [-0.15, -0.1) is 0 Å². The molecule has 1 aromatic heterocycles. The molecule has 5 heteroatoms. The standard InChI is InChI=1S/C16H18BrN3O/c1-19(10-12-9-18-20(2)11-12)15(21)16(7-8-16)13-3-5-14(17)6-4-13/h3-6,9,11H,7-8,10H2,1-2H3. The quantitative estimate of drug-likeness (QED) is 0.852. The van der Waals surface area contributed by atoms with Crippen LogP contribution in [0.3, 0.4) is 0 Å². The molecule has 0 N–H and O–H groups in total. The first-order valence-corrected chi connectivity index (χ1v) is 7.80. The SMILES string of the molecule is CN(Cc1cnn(C)c1)C(=O)C1(c2ccc(Br)cc2)CC1. The van der Waals surface area contributed by atoms with Crippen LogP contribution in [0.5, 0.6) is 0 Å². The van der Waals surface area contributed by atoms with E-state index in [1.54, 1.807) is 4.68 Å². The summed E-state index contributed by atoms with van der Waals surface area (Å²) in [7, 11) is 3.75. The molecule has 0 bridgehead atoms. The van der Waals surface area contributed by atoms with Crippen molar-refractivity contribution in [3.63, 3.8) is 0 Å². The van der Waals surface area contributed by atoms with Gasteiger partial charge in [0.2, 0.25) is 5.91 Å². The van der Waals surface area contributed by atoms with Gasteiger partial charge in [-0.05, 0) is 30.5 Å². The molecule has 1 heterocycles. The second kappa shape index (κ2) is 5.30. The van der Waals surface area contributed by atoms with E-state index in [9.17, 15) is 4.79 Å². The molecule has 0 aliphatic heterocycles. The summed E-state index contributed by atoms with van der Waals surface area (Å²) in [5.74, 6) is 0.202. The van der Waals surface area contributed by atoms with Crippen molar-refractivity contribution in [3.8, 4) is 0 Å². The van der Waals surface area contributed by atoms with E-state index in [2.05, 4.69) is 21.0 Å². The van der Waals surface area contributed by atoms with Crippen LogP contribution in [0.4, 0.5) is 0 Å². The van der Waals surface area contributed by atoms with Gasteiger partial charge in [0.05, 0.1) is 11.6 Å². The van der Waals surface area contributed by atoms with Crippen molar-refractivity contribution in [1.29, 1.82) is 0 Å². The van der Waals surface area contributed by atoms with E-state index in [1.807, 2.05) is 55.7 Å². The Bertz CT molecular complexity index is 658. The summed E-state index contributed by atoms with van der Waals surface area (Å²) in [5.41, 5.74) is 1.87. The molecule has 21 heavy (non-hydrogen) atoms. The zero-order valence-corrected chi connectivity index (χ0v) is 13.8. The number of halogens is 1. The summed E-state index contributed by atoms with van der Waals surface area (Å²) in [6, 6.07) is 8.10. The maximum absolute atomic E-state index is 12.8. The van der Waals surface area contributed by atoms with E-state index in [4.69, 9.17) is 0 Å². The molecule has 1 fully saturated rings. The fourth-order valence-corrected chi connectivity index (χ4v) is 3.05. The molecule has 1 aromatic carbocycles. The normalized spacial score (nSPS) is 15.8. The molecular formula is C16H18BrN3O. The summed E-state index contributed by atoms with van der Waals surface area (Å²) in [6.45, 7) is 0.602. The van der Waals surface area contributed by atoms with Gasteiger partial charge >= 0.3 is 0 Å². The predicted octanol–water partition coefficient (Wildman–Crippen LogP) is 2.87. The molecule has 4 nitrogen and oxygen atoms in total. The van der Waals surface area contributed by atoms with Gasteiger partial charge in [0.1, 0.15) is 0 Å². The number of aryl methyl sites for hydroxylation is 1. The minimum absolute atomic E-state index is 0.202. The number of rotatable bonds is 4. The molecule has 3 rings (SSSR count). The number of carbonyl (C=O) groups excluding carboxylic acids is 1. The van der Waals surface area contributed by atoms with Crippen molar-refractivity contribution >= 4 is 21.8 Å². The first kappa shape index (κ1) is 14.3. The van der Waals surface area contributed by atoms with Crippen LogP contribution in [0.2, 0.25) is 0 Å². The Balaban J connectivity index is 1.76. The van der Waals surface area contributed by atoms with E-state index in [0.29, 0.717) is 6.54 Å². The van der Waals surface area contributed by atoms with Crippen LogP contribution in [0.15, 0.2) is 41.1 Å². The Morgan fingerprint density at radius 2 is 2.05 bits per heavy atom. The lowest BCUT2D eigenvalue weighted by atomic mass is 9.94. The fraction of sp³-hybridized carbons (Fsp3) is 0.375. The molecule has 0 unspecified atom stereocenters. The highest BCUT2D eigenvalue weighted by Gasteiger charge is 2.52. The van der Waals surface area contributed by atoms with Crippen LogP contribution >= 0.6 is 15.9 Å². The molecule has 1 aliphatic rings. The molecule has 0 radical (unpaired) electrons. The topological polar surface area (TPSA) is 38.1 Å². The lowest BCUT2D eigenvalue weighted by Crippen LogP contribution is -2.36. The Morgan fingerprint density at radius 1 is 1.38 bits per heavy atom. The van der Waals surface area contributed by atoms with Crippen LogP contribution < -0.4 is 0 Å². The first-order valence-electron chi connectivity index (χ1n) is 7.00. The summed E-state index contributed by atoms with van der Waals surface area (Å²) in [4.78, 5) is 14.6. The molecular weight excluding hydrogens is 330 g/mol. The second-order valence-electron chi connectivity index (χ2n) is 5.77. The monoisotopic (exact) mass is 347 g/mol. The Hall–Kier alpha value is -1.62. The summed E-state index contributed by atoms with van der Waals surface area (Å²) < 4.78 is 2.80. The number of hydrogen-bond acceptors (Lipinski definition) is 2. The van der Waals surface area contributed by atoms with E-state index in [0.717, 1.165) is 28.4 Å². The summed E-state index contributed by atoms with van der Waals surface area (Å²) in [5, 5.41) is 4.15. The highest BCUT2D eigenvalue weighted by Crippen LogP contribution is 2.49. The van der Waals surface area contributed by atoms with Gasteiger partial charge in [-0.3, -0.25) is 9.48 Å². The Morgan fingerprint density at radius 3 is 2.57 bits per heavy atom. The maximum atomic E-state index is 12.8. The third-order valence-corrected chi connectivity index (χ3v) is 4.61. The molecule has 2 aromatic rings. The van der Waals surface area contributed by atoms with Crippen molar-refractivity contribution in [3.05, 3.63) is 52.3 Å². The van der Waals surface area contributed by atoms with Gasteiger partial charge in [-0.2, -0.15) is 5.10 Å². The van der Waals surface area contributed by atoms with Crippen molar-refractivity contribution in [2.45, 2.75) is 24.8 Å². The van der Waals surface area contributed by atoms with Gasteiger partial charge in [0.15, 0.2) is 0 Å². The van der Waals surface area contributed by atoms with Gasteiger partial charge in [-0.1, -0.05) is 28.1 Å². The number of likely N-dealkylation sites (N-methyl/N-ethyl adjacent to an activating group) is 1. The first-order chi connectivity index (χ1) is 10.0. The van der Waals surface area contributed by atoms with Crippen LogP contribution in [-0.4, -0.2) is 27.6 Å². The van der Waals surface area contributed by atoms with Crippen molar-refractivity contribution in [2.75, 3.05) is 7.05 Å². The zero-order chi connectivity index (χ0) is 15.0. The molecule has 0 saturated heterocycles. The van der Waals surface area contributed by atoms with Gasteiger partial charge in [0.25, 0.3) is 0 Å². The second-order valence-corrected chi connectivity index (χ2v) is 6.69. The summed E-state index contributed by atoms with van der Waals surface area (Å²) >= 11 is 3.44. The molecule has 1 amide bonds. The molecule has 0 spiro atoms. The molecule has 110 valence electrons. The molecule has 1 aliphatic carbocycles. The number of carbonyl (C=O) groups is 1. The van der Waals surface area contributed by atoms with Crippen molar-refractivity contribution < 1.29 is 4.79 Å². The average Bonchev–Trinajstić information content (AvgIpc) is 3.17. The lowest BCUT2D eigenvalue weighted by Gasteiger charge is -2.23. The van der Waals surface area contributed by atoms with E-state index in [1.165, 1.54) is 0 Å². The van der Waals surface area contributed by atoms with E-state index < -0.39 is 0 Å². The van der Waals surface area contributed by atoms with Crippen LogP contribution in [-0.2, 0) is 23.8 Å². The third kappa shape index (κ3) is 2.75. The number of aromatic nitrogens is 2. The minimum Gasteiger partial charge on any atom is -0.341 e. The highest BCUT2D eigenvalue weighted by atomic mass is 79.9. The molecule has 1 saturated carbocycles. The van der Waals surface area contributed by atoms with Crippen molar-refractivity contribution in [1.82, 2.24) is 14.7 Å². The number of benzene rings is 1. The Labute approximate surface area is 132 Å². The highest BCUT2D eigenvalue weighted by molar-refractivity contribution is 9.10. The van der Waals surface area contributed by atoms with Crippen LogP contribution in [0.25, 0.3) is 0 Å². The fourth-order valence-electron chi connectivity index (χ4n) is 2.78. The largest absolute Gasteiger partial charge is 0.341 e. The number of amides is 1. The minimum atomic E-state index is -0.308. The average molecular weight is 348 g/mol. The van der Waals surface area contributed by atoms with E-state index >= 15 is 0 Å². The smallest absolute Gasteiger partial charge is 0.233 e. The lowest BCUT2D eigenvalue weighted by molar-refractivity contribution is -0.133. The molecule has 0 atom stereocenters. The van der Waals surface area contributed by atoms with Gasteiger partial charge in [-0.25, -0.2) is 0 Å². The third-order valence-electron chi connectivity index (χ3n) is 4.08. The van der Waals surface area contributed by atoms with Crippen molar-refractivity contribution in [2.24, 2.45) is 7.05 Å². The Kier molecular flexibility index (Phi) is 3.61. The number of hydrogen-bond donors (Lipinski definition) is 0. The maximum Gasteiger partial charge on any atom is 0.233 e. The van der Waals surface area contributed by atoms with E-state index in [-0.39, 0.29) is 11.3 Å². The summed E-state index contributed by atoms with van der Waals surface area (Å²) in [6.07, 6.45) is 5.63. The van der Waals surface area contributed by atoms with Gasteiger partial charge < -0.3 is 4.90 Å². The zero-order valence-electron chi connectivity index (χ0n) is 12.2. The van der Waals surface area contributed by atoms with Crippen LogP contribution in [0, 0.1) is 0 Å². The predicted molar refractivity (Wildman–Crippen MR) is 84.7 cm³/mol. The van der Waals surface area contributed by atoms with Crippen LogP contribution in [0.1, 0.15) is 24.0 Å². The number of nitrogens with zero attached hydrogens (tertiary/aromatic N) is 3.